The van der Waals surface area contributed by atoms with Gasteiger partial charge in [-0.15, -0.1) is 0 Å². The first-order chi connectivity index (χ1) is 8.08. The SMILES string of the molecule is CCOC(=O)C(CC)Nc1ccc(C)c(Cl)c1. The largest absolute Gasteiger partial charge is 0.464 e. The van der Waals surface area contributed by atoms with Gasteiger partial charge in [0.25, 0.3) is 0 Å². The summed E-state index contributed by atoms with van der Waals surface area (Å²) in [5.41, 5.74) is 1.85. The first-order valence-electron chi connectivity index (χ1n) is 5.77. The monoisotopic (exact) mass is 255 g/mol. The quantitative estimate of drug-likeness (QED) is 0.820. The average molecular weight is 256 g/mol. The summed E-state index contributed by atoms with van der Waals surface area (Å²) in [6.07, 6.45) is 0.671. The van der Waals surface area contributed by atoms with Gasteiger partial charge in [0.15, 0.2) is 0 Å². The molecule has 0 saturated heterocycles. The van der Waals surface area contributed by atoms with Gasteiger partial charge in [0.2, 0.25) is 0 Å². The second kappa shape index (κ2) is 6.50. The molecule has 0 fully saturated rings. The van der Waals surface area contributed by atoms with E-state index in [2.05, 4.69) is 5.32 Å². The Morgan fingerprint density at radius 1 is 1.47 bits per heavy atom. The van der Waals surface area contributed by atoms with E-state index in [0.29, 0.717) is 18.1 Å². The van der Waals surface area contributed by atoms with Crippen LogP contribution in [0, 0.1) is 6.92 Å². The van der Waals surface area contributed by atoms with E-state index < -0.39 is 0 Å². The number of hydrogen-bond donors (Lipinski definition) is 1. The number of esters is 1. The fraction of sp³-hybridized carbons (Fsp3) is 0.462. The minimum atomic E-state index is -0.325. The Morgan fingerprint density at radius 2 is 2.18 bits per heavy atom. The molecule has 94 valence electrons. The predicted molar refractivity (Wildman–Crippen MR) is 70.5 cm³/mol. The lowest BCUT2D eigenvalue weighted by atomic mass is 10.2. The molecular weight excluding hydrogens is 238 g/mol. The standard InChI is InChI=1S/C13H18ClNO2/c1-4-12(13(16)17-5-2)15-10-7-6-9(3)11(14)8-10/h6-8,12,15H,4-5H2,1-3H3. The summed E-state index contributed by atoms with van der Waals surface area (Å²) >= 11 is 6.03. The van der Waals surface area contributed by atoms with E-state index in [1.807, 2.05) is 32.0 Å². The molecule has 3 nitrogen and oxygen atoms in total. The Labute approximate surface area is 107 Å². The maximum absolute atomic E-state index is 11.6. The van der Waals surface area contributed by atoms with Crippen molar-refractivity contribution in [2.24, 2.45) is 0 Å². The van der Waals surface area contributed by atoms with Gasteiger partial charge in [0, 0.05) is 10.7 Å². The first kappa shape index (κ1) is 13.8. The van der Waals surface area contributed by atoms with Crippen molar-refractivity contribution in [1.29, 1.82) is 0 Å². The zero-order valence-corrected chi connectivity index (χ0v) is 11.2. The van der Waals surface area contributed by atoms with Crippen molar-refractivity contribution in [1.82, 2.24) is 0 Å². The van der Waals surface area contributed by atoms with Crippen LogP contribution in [0.15, 0.2) is 18.2 Å². The number of ether oxygens (including phenoxy) is 1. The molecule has 0 radical (unpaired) electrons. The summed E-state index contributed by atoms with van der Waals surface area (Å²) in [7, 11) is 0. The molecule has 0 aliphatic carbocycles. The van der Waals surface area contributed by atoms with Gasteiger partial charge in [-0.1, -0.05) is 24.6 Å². The van der Waals surface area contributed by atoms with Crippen molar-refractivity contribution in [3.8, 4) is 0 Å². The Hall–Kier alpha value is -1.22. The van der Waals surface area contributed by atoms with Crippen LogP contribution in [0.3, 0.4) is 0 Å². The number of benzene rings is 1. The molecule has 0 spiro atoms. The van der Waals surface area contributed by atoms with Gasteiger partial charge in [-0.25, -0.2) is 4.79 Å². The van der Waals surface area contributed by atoms with Crippen molar-refractivity contribution < 1.29 is 9.53 Å². The Kier molecular flexibility index (Phi) is 5.29. The zero-order valence-electron chi connectivity index (χ0n) is 10.4. The number of carbonyl (C=O) groups excluding carboxylic acids is 1. The van der Waals surface area contributed by atoms with Gasteiger partial charge >= 0.3 is 5.97 Å². The fourth-order valence-electron chi connectivity index (χ4n) is 1.45. The lowest BCUT2D eigenvalue weighted by Crippen LogP contribution is -2.30. The molecule has 1 aromatic carbocycles. The van der Waals surface area contributed by atoms with E-state index in [1.54, 1.807) is 6.92 Å². The topological polar surface area (TPSA) is 38.3 Å². The van der Waals surface area contributed by atoms with Gasteiger partial charge in [-0.3, -0.25) is 0 Å². The molecule has 17 heavy (non-hydrogen) atoms. The molecular formula is C13H18ClNO2. The summed E-state index contributed by atoms with van der Waals surface area (Å²) in [6.45, 7) is 6.07. The van der Waals surface area contributed by atoms with Crippen molar-refractivity contribution in [2.45, 2.75) is 33.2 Å². The number of carbonyl (C=O) groups is 1. The summed E-state index contributed by atoms with van der Waals surface area (Å²) in [5.74, 6) is -0.230. The third kappa shape index (κ3) is 3.93. The lowest BCUT2D eigenvalue weighted by molar-refractivity contribution is -0.144. The van der Waals surface area contributed by atoms with Crippen LogP contribution >= 0.6 is 11.6 Å². The summed E-state index contributed by atoms with van der Waals surface area (Å²) in [5, 5.41) is 3.81. The van der Waals surface area contributed by atoms with Gasteiger partial charge in [0.05, 0.1) is 6.61 Å². The third-order valence-electron chi connectivity index (χ3n) is 2.49. The number of hydrogen-bond acceptors (Lipinski definition) is 3. The van der Waals surface area contributed by atoms with Gasteiger partial charge in [0.1, 0.15) is 6.04 Å². The molecule has 0 bridgehead atoms. The molecule has 1 N–H and O–H groups in total. The summed E-state index contributed by atoms with van der Waals surface area (Å²) < 4.78 is 4.99. The van der Waals surface area contributed by atoms with E-state index in [9.17, 15) is 4.79 Å². The molecule has 0 amide bonds. The van der Waals surface area contributed by atoms with E-state index in [0.717, 1.165) is 11.3 Å². The molecule has 0 saturated carbocycles. The van der Waals surface area contributed by atoms with Crippen molar-refractivity contribution in [3.63, 3.8) is 0 Å². The van der Waals surface area contributed by atoms with Crippen LogP contribution in [0.2, 0.25) is 5.02 Å². The molecule has 0 aliphatic heterocycles. The van der Waals surface area contributed by atoms with Crippen LogP contribution in [0.4, 0.5) is 5.69 Å². The van der Waals surface area contributed by atoms with Crippen LogP contribution in [0.1, 0.15) is 25.8 Å². The molecule has 0 aromatic heterocycles. The lowest BCUT2D eigenvalue weighted by Gasteiger charge is -2.17. The van der Waals surface area contributed by atoms with E-state index in [-0.39, 0.29) is 12.0 Å². The molecule has 1 aromatic rings. The third-order valence-corrected chi connectivity index (χ3v) is 2.90. The number of rotatable bonds is 5. The average Bonchev–Trinajstić information content (AvgIpc) is 2.30. The molecule has 4 heteroatoms. The van der Waals surface area contributed by atoms with E-state index in [4.69, 9.17) is 16.3 Å². The summed E-state index contributed by atoms with van der Waals surface area (Å²) in [6, 6.07) is 5.32. The number of halogens is 1. The number of aryl methyl sites for hydroxylation is 1. The van der Waals surface area contributed by atoms with Gasteiger partial charge in [-0.05, 0) is 38.0 Å². The molecule has 1 rings (SSSR count). The molecule has 0 heterocycles. The second-order valence-corrected chi connectivity index (χ2v) is 4.23. The van der Waals surface area contributed by atoms with Crippen molar-refractivity contribution in [3.05, 3.63) is 28.8 Å². The minimum Gasteiger partial charge on any atom is -0.464 e. The predicted octanol–water partition coefficient (Wildman–Crippen LogP) is 3.40. The second-order valence-electron chi connectivity index (χ2n) is 3.82. The van der Waals surface area contributed by atoms with Crippen LogP contribution in [0.5, 0.6) is 0 Å². The van der Waals surface area contributed by atoms with E-state index in [1.165, 1.54) is 0 Å². The maximum atomic E-state index is 11.6. The normalized spacial score (nSPS) is 12.0. The highest BCUT2D eigenvalue weighted by Gasteiger charge is 2.17. The van der Waals surface area contributed by atoms with Crippen molar-refractivity contribution in [2.75, 3.05) is 11.9 Å². The molecule has 1 unspecified atom stereocenters. The maximum Gasteiger partial charge on any atom is 0.328 e. The zero-order chi connectivity index (χ0) is 12.8. The van der Waals surface area contributed by atoms with Crippen LogP contribution in [-0.4, -0.2) is 18.6 Å². The fourth-order valence-corrected chi connectivity index (χ4v) is 1.63. The van der Waals surface area contributed by atoms with Crippen LogP contribution in [-0.2, 0) is 9.53 Å². The highest BCUT2D eigenvalue weighted by atomic mass is 35.5. The number of nitrogens with one attached hydrogen (secondary N) is 1. The van der Waals surface area contributed by atoms with Gasteiger partial charge < -0.3 is 10.1 Å². The highest BCUT2D eigenvalue weighted by Crippen LogP contribution is 2.21. The Morgan fingerprint density at radius 3 is 2.71 bits per heavy atom. The first-order valence-corrected chi connectivity index (χ1v) is 6.15. The van der Waals surface area contributed by atoms with Crippen molar-refractivity contribution >= 4 is 23.3 Å². The Balaban J connectivity index is 2.73. The Bertz CT molecular complexity index is 393. The van der Waals surface area contributed by atoms with Crippen LogP contribution in [0.25, 0.3) is 0 Å². The molecule has 1 atom stereocenters. The van der Waals surface area contributed by atoms with Crippen LogP contribution < -0.4 is 5.32 Å². The number of anilines is 1. The molecule has 0 aliphatic rings. The highest BCUT2D eigenvalue weighted by molar-refractivity contribution is 6.31. The summed E-state index contributed by atoms with van der Waals surface area (Å²) in [4.78, 5) is 11.6. The van der Waals surface area contributed by atoms with E-state index >= 15 is 0 Å². The smallest absolute Gasteiger partial charge is 0.328 e. The van der Waals surface area contributed by atoms with Gasteiger partial charge in [-0.2, -0.15) is 0 Å². The minimum absolute atomic E-state index is 0.230.